The summed E-state index contributed by atoms with van der Waals surface area (Å²) < 4.78 is 2.39. The van der Waals surface area contributed by atoms with Crippen molar-refractivity contribution in [3.8, 4) is 0 Å². The largest absolute Gasteiger partial charge is 0.478 e. The number of carboxylic acid groups (broad SMARTS) is 1. The highest BCUT2D eigenvalue weighted by Gasteiger charge is 2.42. The fourth-order valence-corrected chi connectivity index (χ4v) is 7.67. The lowest BCUT2D eigenvalue weighted by Crippen LogP contribution is -2.51. The molecule has 3 aliphatic heterocycles. The first-order valence-corrected chi connectivity index (χ1v) is 12.9. The SMILES string of the molecule is C[Si]1(C)C2=CC(=[N+]3CCC3)C=CC2=C(C(=O)O)c2ccc(N3CCC3)cc21. The third kappa shape index (κ3) is 2.41. The molecule has 0 bridgehead atoms. The number of fused-ring (bicyclic) bond motifs is 2. The van der Waals surface area contributed by atoms with Gasteiger partial charge >= 0.3 is 5.97 Å². The summed E-state index contributed by atoms with van der Waals surface area (Å²) in [6.07, 6.45) is 8.92. The van der Waals surface area contributed by atoms with Crippen molar-refractivity contribution < 1.29 is 14.5 Å². The monoisotopic (exact) mass is 377 g/mol. The molecule has 5 heteroatoms. The lowest BCUT2D eigenvalue weighted by molar-refractivity contribution is -0.582. The number of nitrogens with zero attached hydrogens (tertiary/aromatic N) is 2. The second-order valence-corrected chi connectivity index (χ2v) is 12.8. The van der Waals surface area contributed by atoms with Gasteiger partial charge in [0.1, 0.15) is 21.2 Å². The van der Waals surface area contributed by atoms with Gasteiger partial charge in [0, 0.05) is 30.9 Å². The lowest BCUT2D eigenvalue weighted by atomic mass is 9.94. The first-order valence-electron chi connectivity index (χ1n) is 9.87. The Morgan fingerprint density at radius 2 is 1.93 bits per heavy atom. The quantitative estimate of drug-likeness (QED) is 0.636. The van der Waals surface area contributed by atoms with Crippen LogP contribution in [0.4, 0.5) is 5.69 Å². The summed E-state index contributed by atoms with van der Waals surface area (Å²) in [5.74, 6) is -0.824. The number of carboxylic acids is 1. The number of benzene rings is 1. The minimum absolute atomic E-state index is 0.470. The fourth-order valence-electron chi connectivity index (χ4n) is 4.60. The molecule has 0 aromatic heterocycles. The average Bonchev–Trinajstić information content (AvgIpc) is 2.53. The van der Waals surface area contributed by atoms with Crippen LogP contribution in [0.2, 0.25) is 13.1 Å². The van der Waals surface area contributed by atoms with Gasteiger partial charge in [-0.05, 0) is 46.1 Å². The molecular weight excluding hydrogens is 352 g/mol. The maximum atomic E-state index is 12.2. The molecule has 1 aliphatic carbocycles. The van der Waals surface area contributed by atoms with Crippen molar-refractivity contribution >= 4 is 36.2 Å². The lowest BCUT2D eigenvalue weighted by Gasteiger charge is -2.39. The van der Waals surface area contributed by atoms with Crippen LogP contribution >= 0.6 is 0 Å². The van der Waals surface area contributed by atoms with Gasteiger partial charge < -0.3 is 10.0 Å². The summed E-state index contributed by atoms with van der Waals surface area (Å²) >= 11 is 0. The van der Waals surface area contributed by atoms with Gasteiger partial charge in [-0.25, -0.2) is 9.37 Å². The number of allylic oxidation sites excluding steroid dienone is 5. The standard InChI is InChI=1S/C22H24N2O2Si/c1-27(2)19-13-15(23-9-3-10-23)5-7-17(19)21(22(25)26)18-8-6-16(14-20(18)27)24-11-4-12-24/h5-8,13-14H,3-4,9-12H2,1-2H3/p+1. The molecule has 5 rings (SSSR count). The molecule has 1 aromatic rings. The van der Waals surface area contributed by atoms with E-state index in [0.29, 0.717) is 5.57 Å². The molecule has 2 saturated heterocycles. The van der Waals surface area contributed by atoms with Gasteiger partial charge in [-0.15, -0.1) is 0 Å². The smallest absolute Gasteiger partial charge is 0.336 e. The highest BCUT2D eigenvalue weighted by molar-refractivity contribution is 6.98. The molecule has 138 valence electrons. The van der Waals surface area contributed by atoms with E-state index in [1.165, 1.54) is 34.6 Å². The zero-order valence-electron chi connectivity index (χ0n) is 16.0. The molecule has 0 saturated carbocycles. The van der Waals surface area contributed by atoms with Crippen molar-refractivity contribution in [1.29, 1.82) is 0 Å². The minimum Gasteiger partial charge on any atom is -0.478 e. The predicted octanol–water partition coefficient (Wildman–Crippen LogP) is 2.56. The summed E-state index contributed by atoms with van der Waals surface area (Å²) in [6, 6.07) is 6.43. The molecule has 1 aromatic carbocycles. The Morgan fingerprint density at radius 1 is 1.15 bits per heavy atom. The van der Waals surface area contributed by atoms with Crippen LogP contribution in [0.25, 0.3) is 5.57 Å². The average molecular weight is 378 g/mol. The van der Waals surface area contributed by atoms with Gasteiger partial charge in [0.15, 0.2) is 5.71 Å². The highest BCUT2D eigenvalue weighted by atomic mass is 28.3. The van der Waals surface area contributed by atoms with Crippen molar-refractivity contribution in [3.05, 3.63) is 52.8 Å². The molecule has 3 heterocycles. The molecule has 0 amide bonds. The van der Waals surface area contributed by atoms with E-state index in [1.807, 2.05) is 12.1 Å². The normalized spacial score (nSPS) is 22.6. The molecule has 4 aliphatic rings. The summed E-state index contributed by atoms with van der Waals surface area (Å²) in [6.45, 7) is 9.14. The van der Waals surface area contributed by atoms with Gasteiger partial charge in [0.25, 0.3) is 0 Å². The Kier molecular flexibility index (Phi) is 3.59. The zero-order chi connectivity index (χ0) is 18.8. The van der Waals surface area contributed by atoms with Crippen LogP contribution < -0.4 is 10.1 Å². The predicted molar refractivity (Wildman–Crippen MR) is 112 cm³/mol. The Bertz CT molecular complexity index is 988. The highest BCUT2D eigenvalue weighted by Crippen LogP contribution is 2.39. The third-order valence-corrected chi connectivity index (χ3v) is 10.1. The molecule has 1 N–H and O–H groups in total. The second kappa shape index (κ2) is 5.80. The van der Waals surface area contributed by atoms with Crippen LogP contribution in [0.15, 0.2) is 47.2 Å². The summed E-state index contributed by atoms with van der Waals surface area (Å²) in [5.41, 5.74) is 4.80. The number of hydrogen-bond donors (Lipinski definition) is 1. The number of rotatable bonds is 2. The van der Waals surface area contributed by atoms with Crippen LogP contribution in [0.5, 0.6) is 0 Å². The minimum atomic E-state index is -1.99. The zero-order valence-corrected chi connectivity index (χ0v) is 17.0. The van der Waals surface area contributed by atoms with Crippen molar-refractivity contribution in [2.75, 3.05) is 31.1 Å². The maximum absolute atomic E-state index is 12.2. The Hall–Kier alpha value is -2.40. The van der Waals surface area contributed by atoms with Crippen molar-refractivity contribution in [2.45, 2.75) is 25.9 Å². The molecule has 4 nitrogen and oxygen atoms in total. The molecule has 0 radical (unpaired) electrons. The Labute approximate surface area is 160 Å². The van der Waals surface area contributed by atoms with E-state index >= 15 is 0 Å². The molecule has 27 heavy (non-hydrogen) atoms. The van der Waals surface area contributed by atoms with E-state index in [0.717, 1.165) is 37.3 Å². The molecule has 0 atom stereocenters. The molecule has 0 spiro atoms. The summed E-state index contributed by atoms with van der Waals surface area (Å²) in [7, 11) is -1.99. The van der Waals surface area contributed by atoms with Gasteiger partial charge in [-0.3, -0.25) is 0 Å². The van der Waals surface area contributed by atoms with E-state index in [4.69, 9.17) is 0 Å². The number of hydrogen-bond acceptors (Lipinski definition) is 2. The van der Waals surface area contributed by atoms with E-state index < -0.39 is 14.0 Å². The number of anilines is 1. The third-order valence-electron chi connectivity index (χ3n) is 6.55. The fraction of sp³-hybridized carbons (Fsp3) is 0.364. The van der Waals surface area contributed by atoms with Crippen molar-refractivity contribution in [3.63, 3.8) is 0 Å². The first kappa shape index (κ1) is 16.7. The van der Waals surface area contributed by atoms with E-state index in [2.05, 4.69) is 46.9 Å². The van der Waals surface area contributed by atoms with Gasteiger partial charge in [-0.2, -0.15) is 0 Å². The van der Waals surface area contributed by atoms with E-state index in [-0.39, 0.29) is 0 Å². The van der Waals surface area contributed by atoms with Crippen LogP contribution in [0.1, 0.15) is 18.4 Å². The van der Waals surface area contributed by atoms with E-state index in [9.17, 15) is 9.90 Å². The number of carbonyl (C=O) groups is 1. The Balaban J connectivity index is 1.73. The number of aliphatic carboxylic acids is 1. The summed E-state index contributed by atoms with van der Waals surface area (Å²) in [4.78, 5) is 14.6. The molecule has 2 fully saturated rings. The summed E-state index contributed by atoms with van der Waals surface area (Å²) in [5, 5.41) is 12.6. The molecule has 0 unspecified atom stereocenters. The maximum Gasteiger partial charge on any atom is 0.336 e. The van der Waals surface area contributed by atoms with Crippen LogP contribution in [-0.2, 0) is 4.79 Å². The van der Waals surface area contributed by atoms with Gasteiger partial charge in [-0.1, -0.05) is 19.2 Å². The Morgan fingerprint density at radius 3 is 2.52 bits per heavy atom. The van der Waals surface area contributed by atoms with Crippen LogP contribution in [-0.4, -0.2) is 55.6 Å². The second-order valence-electron chi connectivity index (χ2n) is 8.45. The van der Waals surface area contributed by atoms with E-state index in [1.54, 1.807) is 0 Å². The first-order chi connectivity index (χ1) is 13.0. The van der Waals surface area contributed by atoms with Crippen LogP contribution in [0, 0.1) is 0 Å². The van der Waals surface area contributed by atoms with Crippen molar-refractivity contribution in [1.82, 2.24) is 0 Å². The van der Waals surface area contributed by atoms with Gasteiger partial charge in [0.2, 0.25) is 0 Å². The topological polar surface area (TPSA) is 43.6 Å². The van der Waals surface area contributed by atoms with Crippen molar-refractivity contribution in [2.24, 2.45) is 0 Å². The van der Waals surface area contributed by atoms with Gasteiger partial charge in [0.05, 0.1) is 12.0 Å². The van der Waals surface area contributed by atoms with Crippen LogP contribution in [0.3, 0.4) is 0 Å². The molecular formula is C22H25N2O2Si+.